The molecule has 0 fully saturated rings. The van der Waals surface area contributed by atoms with Crippen LogP contribution in [0, 0.1) is 13.8 Å². The molecule has 0 spiro atoms. The number of hydrogen-bond donors (Lipinski definition) is 1. The van der Waals surface area contributed by atoms with E-state index < -0.39 is 0 Å². The minimum atomic E-state index is 0.828. The van der Waals surface area contributed by atoms with E-state index in [9.17, 15) is 0 Å². The second kappa shape index (κ2) is 5.77. The van der Waals surface area contributed by atoms with Crippen molar-refractivity contribution in [2.24, 2.45) is 0 Å². The summed E-state index contributed by atoms with van der Waals surface area (Å²) in [6.45, 7) is 4.24. The summed E-state index contributed by atoms with van der Waals surface area (Å²) in [5, 5.41) is 1.04. The van der Waals surface area contributed by atoms with Crippen LogP contribution in [0.1, 0.15) is 11.1 Å². The minimum absolute atomic E-state index is 0.828. The van der Waals surface area contributed by atoms with E-state index in [1.165, 1.54) is 16.7 Å². The number of rotatable bonds is 2. The number of nitrogens with two attached hydrogens (primary N) is 1. The van der Waals surface area contributed by atoms with E-state index in [4.69, 9.17) is 10.7 Å². The van der Waals surface area contributed by atoms with Crippen LogP contribution in [0.15, 0.2) is 60.7 Å². The zero-order valence-corrected chi connectivity index (χ0v) is 14.5. The minimum Gasteiger partial charge on any atom is -0.397 e. The number of fused-ring (bicyclic) bond motifs is 1. The predicted molar refractivity (Wildman–Crippen MR) is 104 cm³/mol. The normalized spacial score (nSPS) is 11.1. The van der Waals surface area contributed by atoms with Gasteiger partial charge < -0.3 is 5.73 Å². The van der Waals surface area contributed by atoms with Gasteiger partial charge in [-0.1, -0.05) is 54.1 Å². The molecule has 0 saturated heterocycles. The maximum atomic E-state index is 6.44. The van der Waals surface area contributed by atoms with Gasteiger partial charge in [0.25, 0.3) is 0 Å². The van der Waals surface area contributed by atoms with E-state index in [-0.39, 0.29) is 0 Å². The number of aryl methyl sites for hydroxylation is 2. The van der Waals surface area contributed by atoms with Crippen molar-refractivity contribution in [3.05, 3.63) is 71.8 Å². The Labute approximate surface area is 145 Å². The Balaban J connectivity index is 1.88. The molecule has 4 aromatic rings. The van der Waals surface area contributed by atoms with Crippen LogP contribution >= 0.6 is 11.3 Å². The van der Waals surface area contributed by atoms with Gasteiger partial charge in [0.05, 0.1) is 16.3 Å². The largest absolute Gasteiger partial charge is 0.397 e. The van der Waals surface area contributed by atoms with Crippen LogP contribution in [-0.4, -0.2) is 4.98 Å². The molecule has 0 amide bonds. The summed E-state index contributed by atoms with van der Waals surface area (Å²) < 4.78 is 0. The number of anilines is 1. The van der Waals surface area contributed by atoms with Crippen LogP contribution in [0.2, 0.25) is 0 Å². The lowest BCUT2D eigenvalue weighted by Crippen LogP contribution is -1.89. The highest BCUT2D eigenvalue weighted by atomic mass is 32.1. The number of nitrogen functional groups attached to an aromatic ring is 1. The third-order valence-electron chi connectivity index (χ3n) is 4.29. The Hall–Kier alpha value is -2.65. The fourth-order valence-electron chi connectivity index (χ4n) is 3.04. The van der Waals surface area contributed by atoms with Crippen molar-refractivity contribution < 1.29 is 0 Å². The molecule has 2 aromatic carbocycles. The molecule has 2 N–H and O–H groups in total. The molecule has 0 unspecified atom stereocenters. The second-order valence-electron chi connectivity index (χ2n) is 6.08. The standard InChI is InChI=1S/C21H18N2S/c1-13-8-9-16(14(2)12-13)20-19(22)17-10-11-18(23-21(17)24-20)15-6-4-3-5-7-15/h3-12H,22H2,1-2H3. The maximum Gasteiger partial charge on any atom is 0.126 e. The highest BCUT2D eigenvalue weighted by Gasteiger charge is 2.14. The molecule has 2 heterocycles. The molecule has 0 aliphatic carbocycles. The third-order valence-corrected chi connectivity index (χ3v) is 5.44. The SMILES string of the molecule is Cc1ccc(-c2sc3nc(-c4ccccc4)ccc3c2N)c(C)c1. The molecule has 0 radical (unpaired) electrons. The smallest absolute Gasteiger partial charge is 0.126 e. The third kappa shape index (κ3) is 2.47. The van der Waals surface area contributed by atoms with E-state index in [1.54, 1.807) is 11.3 Å². The lowest BCUT2D eigenvalue weighted by Gasteiger charge is -2.05. The molecule has 0 saturated carbocycles. The van der Waals surface area contributed by atoms with Crippen molar-refractivity contribution in [3.63, 3.8) is 0 Å². The highest BCUT2D eigenvalue weighted by molar-refractivity contribution is 7.22. The predicted octanol–water partition coefficient (Wildman–Crippen LogP) is 5.83. The van der Waals surface area contributed by atoms with Crippen LogP contribution in [-0.2, 0) is 0 Å². The first-order valence-electron chi connectivity index (χ1n) is 7.95. The van der Waals surface area contributed by atoms with E-state index in [2.05, 4.69) is 50.2 Å². The summed E-state index contributed by atoms with van der Waals surface area (Å²) in [7, 11) is 0. The van der Waals surface area contributed by atoms with Crippen molar-refractivity contribution in [1.29, 1.82) is 0 Å². The second-order valence-corrected chi connectivity index (χ2v) is 7.08. The Morgan fingerprint density at radius 2 is 1.71 bits per heavy atom. The van der Waals surface area contributed by atoms with Crippen molar-refractivity contribution in [2.75, 3.05) is 5.73 Å². The summed E-state index contributed by atoms with van der Waals surface area (Å²) in [4.78, 5) is 6.94. The number of thiophene rings is 1. The summed E-state index contributed by atoms with van der Waals surface area (Å²) in [5.41, 5.74) is 13.1. The van der Waals surface area contributed by atoms with Gasteiger partial charge >= 0.3 is 0 Å². The number of hydrogen-bond acceptors (Lipinski definition) is 3. The molecule has 2 nitrogen and oxygen atoms in total. The van der Waals surface area contributed by atoms with Crippen LogP contribution in [0.4, 0.5) is 5.69 Å². The first kappa shape index (κ1) is 14.9. The van der Waals surface area contributed by atoms with Crippen molar-refractivity contribution >= 4 is 27.2 Å². The van der Waals surface area contributed by atoms with Crippen molar-refractivity contribution in [2.45, 2.75) is 13.8 Å². The summed E-state index contributed by atoms with van der Waals surface area (Å²) >= 11 is 1.67. The van der Waals surface area contributed by atoms with E-state index >= 15 is 0 Å². The van der Waals surface area contributed by atoms with Gasteiger partial charge in [0.1, 0.15) is 4.83 Å². The number of nitrogens with zero attached hydrogens (tertiary/aromatic N) is 1. The van der Waals surface area contributed by atoms with Gasteiger partial charge in [-0.2, -0.15) is 0 Å². The van der Waals surface area contributed by atoms with Gasteiger partial charge in [0.2, 0.25) is 0 Å². The summed E-state index contributed by atoms with van der Waals surface area (Å²) in [5.74, 6) is 0. The Morgan fingerprint density at radius 1 is 0.917 bits per heavy atom. The van der Waals surface area contributed by atoms with E-state index in [1.807, 2.05) is 24.3 Å². The molecule has 2 aromatic heterocycles. The molecule has 0 bridgehead atoms. The first-order valence-corrected chi connectivity index (χ1v) is 8.77. The summed E-state index contributed by atoms with van der Waals surface area (Å²) in [6, 6.07) is 20.9. The van der Waals surface area contributed by atoms with Crippen LogP contribution < -0.4 is 5.73 Å². The van der Waals surface area contributed by atoms with Gasteiger partial charge in [-0.15, -0.1) is 11.3 Å². The van der Waals surface area contributed by atoms with Crippen LogP contribution in [0.5, 0.6) is 0 Å². The number of benzene rings is 2. The molecular formula is C21H18N2S. The first-order chi connectivity index (χ1) is 11.6. The highest BCUT2D eigenvalue weighted by Crippen LogP contribution is 2.41. The zero-order valence-electron chi connectivity index (χ0n) is 13.7. The molecule has 3 heteroatoms. The fraction of sp³-hybridized carbons (Fsp3) is 0.0952. The van der Waals surface area contributed by atoms with Gasteiger partial charge in [-0.25, -0.2) is 4.98 Å². The molecule has 0 aliphatic rings. The Bertz CT molecular complexity index is 1030. The average molecular weight is 330 g/mol. The topological polar surface area (TPSA) is 38.9 Å². The van der Waals surface area contributed by atoms with E-state index in [0.717, 1.165) is 32.0 Å². The zero-order chi connectivity index (χ0) is 16.7. The van der Waals surface area contributed by atoms with Crippen LogP contribution in [0.25, 0.3) is 31.9 Å². The van der Waals surface area contributed by atoms with Gasteiger partial charge in [0, 0.05) is 10.9 Å². The quantitative estimate of drug-likeness (QED) is 0.502. The lowest BCUT2D eigenvalue weighted by molar-refractivity contribution is 1.39. The average Bonchev–Trinajstić information content (AvgIpc) is 2.92. The Morgan fingerprint density at radius 3 is 2.46 bits per heavy atom. The van der Waals surface area contributed by atoms with Crippen molar-refractivity contribution in [3.8, 4) is 21.7 Å². The fourth-order valence-corrected chi connectivity index (χ4v) is 4.22. The summed E-state index contributed by atoms with van der Waals surface area (Å²) in [6.07, 6.45) is 0. The molecule has 0 atom stereocenters. The van der Waals surface area contributed by atoms with Crippen LogP contribution in [0.3, 0.4) is 0 Å². The van der Waals surface area contributed by atoms with Crippen molar-refractivity contribution in [1.82, 2.24) is 4.98 Å². The van der Waals surface area contributed by atoms with Gasteiger partial charge in [0.15, 0.2) is 0 Å². The Kier molecular flexibility index (Phi) is 3.58. The number of aromatic nitrogens is 1. The molecule has 118 valence electrons. The number of pyridine rings is 1. The lowest BCUT2D eigenvalue weighted by atomic mass is 10.0. The van der Waals surface area contributed by atoms with Gasteiger partial charge in [-0.05, 0) is 37.1 Å². The molecular weight excluding hydrogens is 312 g/mol. The van der Waals surface area contributed by atoms with E-state index in [0.29, 0.717) is 0 Å². The molecule has 0 aliphatic heterocycles. The molecule has 24 heavy (non-hydrogen) atoms. The maximum absolute atomic E-state index is 6.44. The van der Waals surface area contributed by atoms with Gasteiger partial charge in [-0.3, -0.25) is 0 Å². The monoisotopic (exact) mass is 330 g/mol. The molecule has 4 rings (SSSR count).